The second-order valence-corrected chi connectivity index (χ2v) is 8.11. The number of amides is 4. The Hall–Kier alpha value is -2.53. The van der Waals surface area contributed by atoms with E-state index in [4.69, 9.17) is 4.74 Å². The molecule has 0 saturated carbocycles. The zero-order valence-electron chi connectivity index (χ0n) is 15.1. The molecule has 0 unspecified atom stereocenters. The molecule has 1 aliphatic rings. The summed E-state index contributed by atoms with van der Waals surface area (Å²) in [6.45, 7) is 1.65. The highest BCUT2D eigenvalue weighted by Gasteiger charge is 2.37. The second kappa shape index (κ2) is 8.87. The number of hydrogen-bond donors (Lipinski definition) is 1. The Morgan fingerprint density at radius 3 is 2.52 bits per heavy atom. The molecule has 3 rings (SSSR count). The molecule has 1 heterocycles. The van der Waals surface area contributed by atoms with Gasteiger partial charge in [-0.1, -0.05) is 22.9 Å². The normalized spacial score (nSPS) is 15.5. The lowest BCUT2D eigenvalue weighted by molar-refractivity contribution is -0.134. The number of urea groups is 1. The molecule has 29 heavy (non-hydrogen) atoms. The van der Waals surface area contributed by atoms with Crippen molar-refractivity contribution in [3.63, 3.8) is 0 Å². The summed E-state index contributed by atoms with van der Waals surface area (Å²) in [6, 6.07) is 10.7. The quantitative estimate of drug-likeness (QED) is 0.198. The first-order chi connectivity index (χ1) is 13.8. The van der Waals surface area contributed by atoms with Crippen molar-refractivity contribution >= 4 is 74.1 Å². The number of ether oxygens (including phenoxy) is 1. The molecule has 4 amide bonds. The third-order valence-electron chi connectivity index (χ3n) is 3.97. The lowest BCUT2D eigenvalue weighted by atomic mass is 10.1. The van der Waals surface area contributed by atoms with E-state index >= 15 is 0 Å². The largest absolute Gasteiger partial charge is 0.426 e. The van der Waals surface area contributed by atoms with Crippen molar-refractivity contribution in [3.05, 3.63) is 61.6 Å². The van der Waals surface area contributed by atoms with Gasteiger partial charge in [-0.2, -0.15) is 0 Å². The van der Waals surface area contributed by atoms with Crippen LogP contribution < -0.4 is 15.0 Å². The molecule has 0 spiro atoms. The van der Waals surface area contributed by atoms with Crippen molar-refractivity contribution in [2.24, 2.45) is 0 Å². The smallest absolute Gasteiger partial charge is 0.335 e. The molecule has 1 saturated heterocycles. The number of halogens is 2. The number of esters is 1. The van der Waals surface area contributed by atoms with E-state index in [-0.39, 0.29) is 17.7 Å². The van der Waals surface area contributed by atoms with E-state index in [9.17, 15) is 19.2 Å². The minimum atomic E-state index is -0.828. The number of nitrogens with zero attached hydrogens (tertiary/aromatic N) is 1. The molecule has 148 valence electrons. The fourth-order valence-corrected chi connectivity index (χ4v) is 3.30. The Bertz CT molecular complexity index is 1050. The van der Waals surface area contributed by atoms with E-state index in [1.54, 1.807) is 49.4 Å². The highest BCUT2D eigenvalue weighted by Crippen LogP contribution is 2.28. The molecule has 0 aromatic heterocycles. The standard InChI is InChI=1S/C20H14BrIN2O5/c1-2-17(25)29-16-8-3-12(21)9-11(16)10-15-18(26)23-20(28)24(19(15)27)14-6-4-13(22)5-7-14/h3-10H,2H2,1H3,(H,23,26,28)/b15-10-. The topological polar surface area (TPSA) is 92.8 Å². The summed E-state index contributed by atoms with van der Waals surface area (Å²) >= 11 is 5.42. The fourth-order valence-electron chi connectivity index (χ4n) is 2.56. The maximum atomic E-state index is 13.0. The molecule has 7 nitrogen and oxygen atoms in total. The van der Waals surface area contributed by atoms with E-state index in [0.29, 0.717) is 15.7 Å². The van der Waals surface area contributed by atoms with Gasteiger partial charge in [0.05, 0.1) is 5.69 Å². The van der Waals surface area contributed by atoms with Crippen molar-refractivity contribution in [2.45, 2.75) is 13.3 Å². The summed E-state index contributed by atoms with van der Waals surface area (Å²) in [4.78, 5) is 50.2. The van der Waals surface area contributed by atoms with Crippen LogP contribution in [0.5, 0.6) is 5.75 Å². The molecular formula is C20H14BrIN2O5. The predicted molar refractivity (Wildman–Crippen MR) is 118 cm³/mol. The van der Waals surface area contributed by atoms with Crippen LogP contribution in [0, 0.1) is 3.57 Å². The van der Waals surface area contributed by atoms with Crippen LogP contribution in [0.3, 0.4) is 0 Å². The molecule has 1 fully saturated rings. The van der Waals surface area contributed by atoms with Crippen LogP contribution >= 0.6 is 38.5 Å². The van der Waals surface area contributed by atoms with Gasteiger partial charge in [0.25, 0.3) is 11.8 Å². The van der Waals surface area contributed by atoms with Crippen molar-refractivity contribution < 1.29 is 23.9 Å². The van der Waals surface area contributed by atoms with Crippen molar-refractivity contribution in [2.75, 3.05) is 4.90 Å². The first-order valence-electron chi connectivity index (χ1n) is 8.47. The van der Waals surface area contributed by atoms with Crippen molar-refractivity contribution in [1.29, 1.82) is 0 Å². The number of benzene rings is 2. The van der Waals surface area contributed by atoms with Gasteiger partial charge in [-0.3, -0.25) is 19.7 Å². The van der Waals surface area contributed by atoms with Gasteiger partial charge in [0.2, 0.25) is 0 Å². The molecule has 1 aliphatic heterocycles. The number of anilines is 1. The lowest BCUT2D eigenvalue weighted by Gasteiger charge is -2.26. The number of carbonyl (C=O) groups is 4. The number of carbonyl (C=O) groups excluding carboxylic acids is 4. The van der Waals surface area contributed by atoms with Gasteiger partial charge in [0.1, 0.15) is 11.3 Å². The summed E-state index contributed by atoms with van der Waals surface area (Å²) in [7, 11) is 0. The summed E-state index contributed by atoms with van der Waals surface area (Å²) < 4.78 is 6.87. The molecule has 2 aromatic carbocycles. The SMILES string of the molecule is CCC(=O)Oc1ccc(Br)cc1/C=C1/C(=O)NC(=O)N(c2ccc(I)cc2)C1=O. The van der Waals surface area contributed by atoms with Crippen LogP contribution in [-0.4, -0.2) is 23.8 Å². The first-order valence-corrected chi connectivity index (χ1v) is 10.3. The van der Waals surface area contributed by atoms with Gasteiger partial charge in [0, 0.05) is 20.0 Å². The van der Waals surface area contributed by atoms with Crippen LogP contribution in [-0.2, 0) is 14.4 Å². The number of barbiturate groups is 1. The fraction of sp³-hybridized carbons (Fsp3) is 0.100. The van der Waals surface area contributed by atoms with E-state index in [1.807, 2.05) is 0 Å². The van der Waals surface area contributed by atoms with Gasteiger partial charge < -0.3 is 4.74 Å². The molecule has 0 bridgehead atoms. The summed E-state index contributed by atoms with van der Waals surface area (Å²) in [6.07, 6.45) is 1.47. The highest BCUT2D eigenvalue weighted by atomic mass is 127. The van der Waals surface area contributed by atoms with E-state index in [2.05, 4.69) is 43.8 Å². The maximum absolute atomic E-state index is 13.0. The monoisotopic (exact) mass is 568 g/mol. The van der Waals surface area contributed by atoms with Gasteiger partial charge in [-0.05, 0) is 71.1 Å². The number of nitrogens with one attached hydrogen (secondary N) is 1. The number of imide groups is 2. The predicted octanol–water partition coefficient (Wildman–Crippen LogP) is 4.04. The van der Waals surface area contributed by atoms with Crippen LogP contribution in [0.4, 0.5) is 10.5 Å². The third-order valence-corrected chi connectivity index (χ3v) is 5.18. The average molecular weight is 569 g/mol. The zero-order valence-corrected chi connectivity index (χ0v) is 18.8. The summed E-state index contributed by atoms with van der Waals surface area (Å²) in [5.41, 5.74) is 0.421. The molecule has 2 aromatic rings. The molecule has 0 aliphatic carbocycles. The Balaban J connectivity index is 2.04. The van der Waals surface area contributed by atoms with Gasteiger partial charge in [-0.15, -0.1) is 0 Å². The molecule has 0 radical (unpaired) electrons. The molecule has 0 atom stereocenters. The van der Waals surface area contributed by atoms with Crippen LogP contribution in [0.25, 0.3) is 6.08 Å². The Kier molecular flexibility index (Phi) is 6.48. The molecular weight excluding hydrogens is 555 g/mol. The minimum Gasteiger partial charge on any atom is -0.426 e. The van der Waals surface area contributed by atoms with Gasteiger partial charge >= 0.3 is 12.0 Å². The van der Waals surface area contributed by atoms with Crippen molar-refractivity contribution in [1.82, 2.24) is 5.32 Å². The molecule has 9 heteroatoms. The average Bonchev–Trinajstić information content (AvgIpc) is 2.68. The third kappa shape index (κ3) is 4.73. The van der Waals surface area contributed by atoms with Crippen LogP contribution in [0.2, 0.25) is 0 Å². The lowest BCUT2D eigenvalue weighted by Crippen LogP contribution is -2.54. The highest BCUT2D eigenvalue weighted by molar-refractivity contribution is 14.1. The van der Waals surface area contributed by atoms with Crippen molar-refractivity contribution in [3.8, 4) is 5.75 Å². The molecule has 1 N–H and O–H groups in total. The van der Waals surface area contributed by atoms with Gasteiger partial charge in [-0.25, -0.2) is 9.69 Å². The number of rotatable bonds is 4. The summed E-state index contributed by atoms with van der Waals surface area (Å²) in [5, 5.41) is 2.17. The van der Waals surface area contributed by atoms with E-state index < -0.39 is 23.8 Å². The van der Waals surface area contributed by atoms with Crippen LogP contribution in [0.15, 0.2) is 52.5 Å². The Labute approximate surface area is 188 Å². The van der Waals surface area contributed by atoms with Crippen LogP contribution in [0.1, 0.15) is 18.9 Å². The zero-order chi connectivity index (χ0) is 21.1. The van der Waals surface area contributed by atoms with Gasteiger partial charge in [0.15, 0.2) is 0 Å². The first kappa shape index (κ1) is 21.2. The minimum absolute atomic E-state index is 0.167. The number of hydrogen-bond acceptors (Lipinski definition) is 5. The van der Waals surface area contributed by atoms with E-state index in [1.165, 1.54) is 6.08 Å². The summed E-state index contributed by atoms with van der Waals surface area (Å²) in [5.74, 6) is -1.85. The maximum Gasteiger partial charge on any atom is 0.335 e. The second-order valence-electron chi connectivity index (χ2n) is 5.94. The van der Waals surface area contributed by atoms with E-state index in [0.717, 1.165) is 8.47 Å². The Morgan fingerprint density at radius 2 is 1.86 bits per heavy atom. The Morgan fingerprint density at radius 1 is 1.17 bits per heavy atom.